The maximum Gasteiger partial charge on any atom is 0.0722 e. The predicted octanol–water partition coefficient (Wildman–Crippen LogP) is 3.38. The van der Waals surface area contributed by atoms with Crippen LogP contribution in [0.4, 0.5) is 0 Å². The molecule has 2 rings (SSSR count). The van der Waals surface area contributed by atoms with Crippen LogP contribution in [0.15, 0.2) is 24.3 Å². The van der Waals surface area contributed by atoms with Crippen molar-refractivity contribution in [3.05, 3.63) is 47.5 Å². The molecule has 0 unspecified atom stereocenters. The second kappa shape index (κ2) is 3.00. The van der Waals surface area contributed by atoms with E-state index in [-0.39, 0.29) is 0 Å². The van der Waals surface area contributed by atoms with Crippen LogP contribution in [0.3, 0.4) is 0 Å². The maximum absolute atomic E-state index is 5.86. The van der Waals surface area contributed by atoms with Gasteiger partial charge in [-0.3, -0.25) is 4.98 Å². The van der Waals surface area contributed by atoms with E-state index in [1.807, 2.05) is 31.2 Å². The molecule has 0 bridgehead atoms. The average Bonchev–Trinajstić information content (AvgIpc) is 2.02. The van der Waals surface area contributed by atoms with E-state index in [1.165, 1.54) is 0 Å². The van der Waals surface area contributed by atoms with Gasteiger partial charge in [-0.25, -0.2) is 0 Å². The standard InChI is InChI=1S/C11H9ClN/c1-7-5-8(2)13-11-6-9(12)3-4-10(7)11/h3-6H,1H2,2H3. The lowest BCUT2D eigenvalue weighted by Crippen LogP contribution is -1.86. The van der Waals surface area contributed by atoms with E-state index in [0.717, 1.165) is 22.2 Å². The van der Waals surface area contributed by atoms with E-state index in [1.54, 1.807) is 0 Å². The van der Waals surface area contributed by atoms with E-state index in [0.29, 0.717) is 5.02 Å². The molecule has 0 saturated heterocycles. The summed E-state index contributed by atoms with van der Waals surface area (Å²) < 4.78 is 0. The Balaban J connectivity index is 2.86. The minimum Gasteiger partial charge on any atom is -0.253 e. The average molecular weight is 191 g/mol. The highest BCUT2D eigenvalue weighted by molar-refractivity contribution is 6.31. The summed E-state index contributed by atoms with van der Waals surface area (Å²) in [5.74, 6) is 0. The normalized spacial score (nSPS) is 10.7. The maximum atomic E-state index is 5.86. The van der Waals surface area contributed by atoms with E-state index in [9.17, 15) is 0 Å². The van der Waals surface area contributed by atoms with Gasteiger partial charge in [0.15, 0.2) is 0 Å². The zero-order valence-corrected chi connectivity index (χ0v) is 8.10. The van der Waals surface area contributed by atoms with Gasteiger partial charge in [-0.15, -0.1) is 0 Å². The Labute approximate surface area is 82.4 Å². The molecule has 65 valence electrons. The number of aryl methyl sites for hydroxylation is 1. The van der Waals surface area contributed by atoms with Crippen molar-refractivity contribution in [2.45, 2.75) is 6.92 Å². The van der Waals surface area contributed by atoms with Gasteiger partial charge < -0.3 is 0 Å². The van der Waals surface area contributed by atoms with Crippen molar-refractivity contribution in [2.75, 3.05) is 0 Å². The van der Waals surface area contributed by atoms with Crippen molar-refractivity contribution in [3.8, 4) is 0 Å². The molecule has 0 N–H and O–H groups in total. The summed E-state index contributed by atoms with van der Waals surface area (Å²) >= 11 is 5.86. The molecule has 1 heterocycles. The van der Waals surface area contributed by atoms with E-state index in [4.69, 9.17) is 11.6 Å². The number of nitrogens with zero attached hydrogens (tertiary/aromatic N) is 1. The number of benzene rings is 1. The van der Waals surface area contributed by atoms with Crippen LogP contribution in [-0.4, -0.2) is 4.98 Å². The Kier molecular flexibility index (Phi) is 1.97. The SMILES string of the molecule is [CH2]c1cc(C)nc2cc(Cl)ccc12. The first-order chi connectivity index (χ1) is 6.16. The number of rotatable bonds is 0. The number of halogens is 1. The Morgan fingerprint density at radius 1 is 1.31 bits per heavy atom. The number of hydrogen-bond acceptors (Lipinski definition) is 1. The summed E-state index contributed by atoms with van der Waals surface area (Å²) in [6, 6.07) is 7.64. The quantitative estimate of drug-likeness (QED) is 0.621. The highest BCUT2D eigenvalue weighted by Crippen LogP contribution is 2.21. The fourth-order valence-electron chi connectivity index (χ4n) is 1.42. The molecule has 2 aromatic rings. The van der Waals surface area contributed by atoms with Crippen LogP contribution < -0.4 is 0 Å². The van der Waals surface area contributed by atoms with Crippen molar-refractivity contribution in [2.24, 2.45) is 0 Å². The molecule has 1 nitrogen and oxygen atoms in total. The summed E-state index contributed by atoms with van der Waals surface area (Å²) in [6.07, 6.45) is 0. The number of hydrogen-bond donors (Lipinski definition) is 0. The highest BCUT2D eigenvalue weighted by Gasteiger charge is 2.00. The van der Waals surface area contributed by atoms with Crippen LogP contribution in [-0.2, 0) is 0 Å². The fraction of sp³-hybridized carbons (Fsp3) is 0.0909. The predicted molar refractivity (Wildman–Crippen MR) is 55.9 cm³/mol. The van der Waals surface area contributed by atoms with Crippen molar-refractivity contribution >= 4 is 22.5 Å². The van der Waals surface area contributed by atoms with E-state index in [2.05, 4.69) is 11.9 Å². The lowest BCUT2D eigenvalue weighted by molar-refractivity contribution is 1.25. The topological polar surface area (TPSA) is 12.9 Å². The summed E-state index contributed by atoms with van der Waals surface area (Å²) in [7, 11) is 0. The molecular weight excluding hydrogens is 182 g/mol. The largest absolute Gasteiger partial charge is 0.253 e. The van der Waals surface area contributed by atoms with Gasteiger partial charge in [0.05, 0.1) is 5.52 Å². The molecule has 0 fully saturated rings. The first-order valence-electron chi connectivity index (χ1n) is 4.06. The number of aromatic nitrogens is 1. The molecule has 0 aliphatic rings. The van der Waals surface area contributed by atoms with Crippen LogP contribution in [0.2, 0.25) is 5.02 Å². The molecule has 1 aromatic carbocycles. The van der Waals surface area contributed by atoms with Crippen molar-refractivity contribution in [1.29, 1.82) is 0 Å². The molecule has 13 heavy (non-hydrogen) atoms. The van der Waals surface area contributed by atoms with E-state index < -0.39 is 0 Å². The summed E-state index contributed by atoms with van der Waals surface area (Å²) in [5.41, 5.74) is 2.89. The zero-order valence-electron chi connectivity index (χ0n) is 7.34. The third-order valence-corrected chi connectivity index (χ3v) is 2.22. The van der Waals surface area contributed by atoms with Gasteiger partial charge in [-0.2, -0.15) is 0 Å². The molecule has 0 saturated carbocycles. The summed E-state index contributed by atoms with van der Waals surface area (Å²) in [5, 5.41) is 1.78. The molecule has 1 radical (unpaired) electrons. The monoisotopic (exact) mass is 190 g/mol. The minimum atomic E-state index is 0.713. The highest BCUT2D eigenvalue weighted by atomic mass is 35.5. The van der Waals surface area contributed by atoms with Gasteiger partial charge in [0.2, 0.25) is 0 Å². The third-order valence-electron chi connectivity index (χ3n) is 1.99. The molecule has 1 aromatic heterocycles. The van der Waals surface area contributed by atoms with Crippen LogP contribution in [0, 0.1) is 13.8 Å². The molecule has 0 spiro atoms. The van der Waals surface area contributed by atoms with Crippen molar-refractivity contribution in [1.82, 2.24) is 4.98 Å². The van der Waals surface area contributed by atoms with Crippen LogP contribution >= 0.6 is 11.6 Å². The van der Waals surface area contributed by atoms with Crippen molar-refractivity contribution in [3.63, 3.8) is 0 Å². The summed E-state index contributed by atoms with van der Waals surface area (Å²) in [4.78, 5) is 4.37. The summed E-state index contributed by atoms with van der Waals surface area (Å²) in [6.45, 7) is 5.91. The first-order valence-corrected chi connectivity index (χ1v) is 4.43. The van der Waals surface area contributed by atoms with Crippen LogP contribution in [0.5, 0.6) is 0 Å². The fourth-order valence-corrected chi connectivity index (χ4v) is 1.59. The Morgan fingerprint density at radius 2 is 2.08 bits per heavy atom. The molecular formula is C11H9ClN. The Hall–Kier alpha value is -1.08. The molecule has 2 heteroatoms. The second-order valence-corrected chi connectivity index (χ2v) is 3.52. The zero-order chi connectivity index (χ0) is 9.42. The lowest BCUT2D eigenvalue weighted by Gasteiger charge is -2.02. The Morgan fingerprint density at radius 3 is 2.85 bits per heavy atom. The smallest absolute Gasteiger partial charge is 0.0722 e. The van der Waals surface area contributed by atoms with E-state index >= 15 is 0 Å². The van der Waals surface area contributed by atoms with Gasteiger partial charge in [-0.05, 0) is 37.6 Å². The van der Waals surface area contributed by atoms with Gasteiger partial charge in [0.1, 0.15) is 0 Å². The van der Waals surface area contributed by atoms with Gasteiger partial charge in [-0.1, -0.05) is 17.7 Å². The molecule has 0 aliphatic heterocycles. The molecule has 0 aliphatic carbocycles. The van der Waals surface area contributed by atoms with Crippen LogP contribution in [0.25, 0.3) is 10.9 Å². The Bertz CT molecular complexity index is 458. The van der Waals surface area contributed by atoms with Gasteiger partial charge in [0.25, 0.3) is 0 Å². The lowest BCUT2D eigenvalue weighted by atomic mass is 10.1. The number of fused-ring (bicyclic) bond motifs is 1. The minimum absolute atomic E-state index is 0.713. The third kappa shape index (κ3) is 1.52. The first kappa shape index (κ1) is 8.52. The van der Waals surface area contributed by atoms with Gasteiger partial charge >= 0.3 is 0 Å². The second-order valence-electron chi connectivity index (χ2n) is 3.08. The molecule has 0 amide bonds. The molecule has 0 atom stereocenters. The number of pyridine rings is 1. The van der Waals surface area contributed by atoms with Gasteiger partial charge in [0, 0.05) is 16.1 Å². The van der Waals surface area contributed by atoms with Crippen molar-refractivity contribution < 1.29 is 0 Å². The van der Waals surface area contributed by atoms with Crippen LogP contribution in [0.1, 0.15) is 11.3 Å².